The van der Waals surface area contributed by atoms with Gasteiger partial charge in [0.25, 0.3) is 11.8 Å². The molecule has 4 heteroatoms. The van der Waals surface area contributed by atoms with Gasteiger partial charge in [0.15, 0.2) is 0 Å². The van der Waals surface area contributed by atoms with Crippen molar-refractivity contribution in [3.8, 4) is 0 Å². The van der Waals surface area contributed by atoms with Crippen LogP contribution in [0.4, 0.5) is 0 Å². The Morgan fingerprint density at radius 2 is 1.54 bits per heavy atom. The molecule has 13 heavy (non-hydrogen) atoms. The Labute approximate surface area is 78.5 Å². The van der Waals surface area contributed by atoms with Crippen LogP contribution in [-0.2, 0) is 9.59 Å². The summed E-state index contributed by atoms with van der Waals surface area (Å²) in [5.41, 5.74) is 0. The van der Waals surface area contributed by atoms with Crippen LogP contribution in [0.15, 0.2) is 0 Å². The fourth-order valence-electron chi connectivity index (χ4n) is 0.918. The third-order valence-electron chi connectivity index (χ3n) is 1.73. The number of nitrogens with zero attached hydrogens (tertiary/aromatic N) is 1. The highest BCUT2D eigenvalue weighted by Gasteiger charge is 2.26. The summed E-state index contributed by atoms with van der Waals surface area (Å²) >= 11 is 0. The average molecular weight is 187 g/mol. The highest BCUT2D eigenvalue weighted by atomic mass is 16.5. The largest absolute Gasteiger partial charge is 0.279 e. The zero-order valence-corrected chi connectivity index (χ0v) is 8.25. The Kier molecular flexibility index (Phi) is 6.14. The van der Waals surface area contributed by atoms with Crippen molar-refractivity contribution in [3.05, 3.63) is 0 Å². The molecule has 1 aliphatic heterocycles. The molecule has 1 saturated heterocycles. The van der Waals surface area contributed by atoms with Crippen LogP contribution in [0, 0.1) is 0 Å². The molecule has 0 aliphatic carbocycles. The summed E-state index contributed by atoms with van der Waals surface area (Å²) in [6.45, 7) is 4.42. The Morgan fingerprint density at radius 3 is 1.62 bits per heavy atom. The van der Waals surface area contributed by atoms with E-state index in [2.05, 4.69) is 13.8 Å². The lowest BCUT2D eigenvalue weighted by Gasteiger charge is -1.98. The van der Waals surface area contributed by atoms with E-state index in [0.717, 1.165) is 0 Å². The second-order valence-corrected chi connectivity index (χ2v) is 2.95. The maximum absolute atomic E-state index is 10.2. The van der Waals surface area contributed by atoms with Gasteiger partial charge in [0.2, 0.25) is 0 Å². The van der Waals surface area contributed by atoms with Gasteiger partial charge in [-0.05, 0) is 0 Å². The van der Waals surface area contributed by atoms with E-state index >= 15 is 0 Å². The molecule has 0 aromatic heterocycles. The predicted octanol–water partition coefficient (Wildman–Crippen LogP) is 1.72. The summed E-state index contributed by atoms with van der Waals surface area (Å²) in [5.74, 6) is -1.01. The van der Waals surface area contributed by atoms with Gasteiger partial charge in [0.05, 0.1) is 0 Å². The number of carbonyl (C=O) groups is 2. The van der Waals surface area contributed by atoms with Gasteiger partial charge in [-0.1, -0.05) is 33.1 Å². The number of rotatable bonds is 2. The molecular formula is C9H17NO3. The van der Waals surface area contributed by atoms with Gasteiger partial charge in [-0.15, -0.1) is 0 Å². The van der Waals surface area contributed by atoms with Gasteiger partial charge >= 0.3 is 0 Å². The Bertz CT molecular complexity index is 162. The van der Waals surface area contributed by atoms with Crippen LogP contribution >= 0.6 is 0 Å². The van der Waals surface area contributed by atoms with Gasteiger partial charge in [-0.2, -0.15) is 5.06 Å². The molecule has 0 radical (unpaired) electrons. The lowest BCUT2D eigenvalue weighted by molar-refractivity contribution is -0.171. The van der Waals surface area contributed by atoms with E-state index in [1.54, 1.807) is 0 Å². The van der Waals surface area contributed by atoms with E-state index in [1.165, 1.54) is 19.3 Å². The normalized spacial score (nSPS) is 15.8. The van der Waals surface area contributed by atoms with Crippen LogP contribution in [0.5, 0.6) is 0 Å². The molecule has 0 bridgehead atoms. The number of amides is 2. The first-order valence-electron chi connectivity index (χ1n) is 4.68. The maximum Gasteiger partial charge on any atom is 0.253 e. The second kappa shape index (κ2) is 6.60. The third-order valence-corrected chi connectivity index (χ3v) is 1.73. The SMILES string of the molecule is CCCCC.O=C1CCC(=O)N1O. The van der Waals surface area contributed by atoms with E-state index < -0.39 is 11.8 Å². The van der Waals surface area contributed by atoms with Crippen LogP contribution < -0.4 is 0 Å². The molecule has 0 aromatic rings. The third kappa shape index (κ3) is 4.62. The number of unbranched alkanes of at least 4 members (excludes halogenated alkanes) is 2. The van der Waals surface area contributed by atoms with Crippen molar-refractivity contribution in [1.82, 2.24) is 5.06 Å². The minimum absolute atomic E-state index is 0.148. The zero-order valence-electron chi connectivity index (χ0n) is 8.25. The molecule has 4 nitrogen and oxygen atoms in total. The quantitative estimate of drug-likeness (QED) is 0.529. The monoisotopic (exact) mass is 187 g/mol. The number of hydroxylamine groups is 2. The molecule has 0 saturated carbocycles. The number of imide groups is 1. The topological polar surface area (TPSA) is 57.6 Å². The standard InChI is InChI=1S/C5H12.C4H5NO3/c1-3-5-4-2;6-3-1-2-4(7)5(3)8/h3-5H2,1-2H3;8H,1-2H2. The van der Waals surface area contributed by atoms with E-state index in [4.69, 9.17) is 5.21 Å². The van der Waals surface area contributed by atoms with Crippen molar-refractivity contribution in [3.63, 3.8) is 0 Å². The molecule has 1 heterocycles. The van der Waals surface area contributed by atoms with Crippen LogP contribution in [0.2, 0.25) is 0 Å². The van der Waals surface area contributed by atoms with Gasteiger partial charge < -0.3 is 0 Å². The smallest absolute Gasteiger partial charge is 0.253 e. The molecule has 0 unspecified atom stereocenters. The first-order chi connectivity index (χ1) is 6.13. The Balaban J connectivity index is 0.000000252. The second-order valence-electron chi connectivity index (χ2n) is 2.95. The van der Waals surface area contributed by atoms with E-state index in [-0.39, 0.29) is 17.9 Å². The number of hydrogen-bond donors (Lipinski definition) is 1. The summed E-state index contributed by atoms with van der Waals surface area (Å²) in [7, 11) is 0. The van der Waals surface area contributed by atoms with Crippen molar-refractivity contribution in [2.75, 3.05) is 0 Å². The molecule has 1 aliphatic rings. The van der Waals surface area contributed by atoms with E-state index in [0.29, 0.717) is 0 Å². The van der Waals surface area contributed by atoms with Crippen LogP contribution in [0.1, 0.15) is 46.0 Å². The summed E-state index contributed by atoms with van der Waals surface area (Å²) < 4.78 is 0. The molecule has 1 N–H and O–H groups in total. The molecule has 1 rings (SSSR count). The fraction of sp³-hybridized carbons (Fsp3) is 0.778. The van der Waals surface area contributed by atoms with E-state index in [1.807, 2.05) is 0 Å². The minimum Gasteiger partial charge on any atom is -0.279 e. The van der Waals surface area contributed by atoms with Crippen molar-refractivity contribution >= 4 is 11.8 Å². The van der Waals surface area contributed by atoms with Crippen molar-refractivity contribution in [1.29, 1.82) is 0 Å². The lowest BCUT2D eigenvalue weighted by Crippen LogP contribution is -2.24. The molecular weight excluding hydrogens is 170 g/mol. The Hall–Kier alpha value is -0.900. The van der Waals surface area contributed by atoms with Gasteiger partial charge in [0.1, 0.15) is 0 Å². The lowest BCUT2D eigenvalue weighted by atomic mass is 10.3. The molecule has 0 atom stereocenters. The van der Waals surface area contributed by atoms with Gasteiger partial charge in [-0.25, -0.2) is 0 Å². The highest BCUT2D eigenvalue weighted by Crippen LogP contribution is 2.06. The zero-order chi connectivity index (χ0) is 10.3. The van der Waals surface area contributed by atoms with Crippen LogP contribution in [-0.4, -0.2) is 22.1 Å². The molecule has 0 aromatic carbocycles. The molecule has 2 amide bonds. The summed E-state index contributed by atoms with van der Waals surface area (Å²) in [5, 5.41) is 8.57. The summed E-state index contributed by atoms with van der Waals surface area (Å²) in [4.78, 5) is 20.5. The summed E-state index contributed by atoms with van der Waals surface area (Å²) in [6.07, 6.45) is 4.37. The van der Waals surface area contributed by atoms with Gasteiger partial charge in [0, 0.05) is 12.8 Å². The van der Waals surface area contributed by atoms with E-state index in [9.17, 15) is 9.59 Å². The molecule has 0 spiro atoms. The minimum atomic E-state index is -0.505. The predicted molar refractivity (Wildman–Crippen MR) is 48.1 cm³/mol. The van der Waals surface area contributed by atoms with Crippen molar-refractivity contribution in [2.45, 2.75) is 46.0 Å². The molecule has 76 valence electrons. The number of carbonyl (C=O) groups excluding carboxylic acids is 2. The van der Waals surface area contributed by atoms with Crippen LogP contribution in [0.25, 0.3) is 0 Å². The first-order valence-corrected chi connectivity index (χ1v) is 4.68. The first kappa shape index (κ1) is 12.1. The fourth-order valence-corrected chi connectivity index (χ4v) is 0.918. The molecule has 1 fully saturated rings. The number of hydrogen-bond acceptors (Lipinski definition) is 3. The van der Waals surface area contributed by atoms with Crippen LogP contribution in [0.3, 0.4) is 0 Å². The van der Waals surface area contributed by atoms with Crippen molar-refractivity contribution in [2.24, 2.45) is 0 Å². The Morgan fingerprint density at radius 1 is 1.15 bits per heavy atom. The maximum atomic E-state index is 10.2. The average Bonchev–Trinajstić information content (AvgIpc) is 2.39. The van der Waals surface area contributed by atoms with Crippen molar-refractivity contribution < 1.29 is 14.8 Å². The highest BCUT2D eigenvalue weighted by molar-refractivity contribution is 6.00. The summed E-state index contributed by atoms with van der Waals surface area (Å²) in [6, 6.07) is 0. The van der Waals surface area contributed by atoms with Gasteiger partial charge in [-0.3, -0.25) is 14.8 Å².